The van der Waals surface area contributed by atoms with E-state index in [2.05, 4.69) is 10.6 Å². The Balaban J connectivity index is 1.90. The van der Waals surface area contributed by atoms with Crippen molar-refractivity contribution in [1.82, 2.24) is 10.6 Å². The number of thioether (sulfide) groups is 1. The van der Waals surface area contributed by atoms with Gasteiger partial charge in [-0.15, -0.1) is 11.8 Å². The Bertz CT molecular complexity index is 456. The first-order valence-corrected chi connectivity index (χ1v) is 7.47. The van der Waals surface area contributed by atoms with E-state index in [1.807, 2.05) is 19.1 Å². The number of carbonyl (C=O) groups excluding carboxylic acids is 1. The highest BCUT2D eigenvalue weighted by atomic mass is 35.5. The number of rotatable bonds is 3. The highest BCUT2D eigenvalue weighted by molar-refractivity contribution is 7.99. The van der Waals surface area contributed by atoms with Gasteiger partial charge in [-0.3, -0.25) is 0 Å². The molecule has 1 heterocycles. The predicted molar refractivity (Wildman–Crippen MR) is 77.3 cm³/mol. The molecule has 2 amide bonds. The van der Waals surface area contributed by atoms with Gasteiger partial charge in [0.25, 0.3) is 0 Å². The van der Waals surface area contributed by atoms with Gasteiger partial charge in [-0.05, 0) is 31.0 Å². The van der Waals surface area contributed by atoms with Crippen LogP contribution in [0, 0.1) is 0 Å². The molecule has 1 fully saturated rings. The lowest BCUT2D eigenvalue weighted by Gasteiger charge is -2.28. The molecule has 18 heavy (non-hydrogen) atoms. The molecule has 1 aliphatic rings. The van der Waals surface area contributed by atoms with Crippen LogP contribution in [0.4, 0.5) is 4.79 Å². The molecule has 1 aliphatic heterocycles. The summed E-state index contributed by atoms with van der Waals surface area (Å²) in [7, 11) is 0. The number of urea groups is 1. The van der Waals surface area contributed by atoms with Crippen LogP contribution in [0.2, 0.25) is 10.0 Å². The quantitative estimate of drug-likeness (QED) is 0.895. The molecule has 1 aromatic carbocycles. The van der Waals surface area contributed by atoms with E-state index in [-0.39, 0.29) is 17.4 Å². The lowest BCUT2D eigenvalue weighted by molar-refractivity contribution is 0.228. The molecule has 0 radical (unpaired) electrons. The molecule has 98 valence electrons. The van der Waals surface area contributed by atoms with Crippen LogP contribution in [-0.2, 0) is 5.75 Å². The summed E-state index contributed by atoms with van der Waals surface area (Å²) in [6, 6.07) is 5.73. The van der Waals surface area contributed by atoms with Crippen LogP contribution in [0.3, 0.4) is 0 Å². The number of carbonyl (C=O) groups is 1. The maximum Gasteiger partial charge on any atom is 0.315 e. The van der Waals surface area contributed by atoms with Crippen molar-refractivity contribution in [3.05, 3.63) is 33.8 Å². The van der Waals surface area contributed by atoms with Gasteiger partial charge in [-0.2, -0.15) is 0 Å². The summed E-state index contributed by atoms with van der Waals surface area (Å²) in [5, 5.41) is 6.99. The number of halogens is 2. The van der Waals surface area contributed by atoms with Gasteiger partial charge in [0.15, 0.2) is 0 Å². The first-order chi connectivity index (χ1) is 8.54. The van der Waals surface area contributed by atoms with E-state index in [0.29, 0.717) is 10.0 Å². The minimum absolute atomic E-state index is 0.0969. The van der Waals surface area contributed by atoms with Crippen molar-refractivity contribution in [2.75, 3.05) is 0 Å². The Morgan fingerprint density at radius 1 is 1.33 bits per heavy atom. The number of nitrogens with one attached hydrogen (secondary N) is 2. The maximum atomic E-state index is 11.3. The Labute approximate surface area is 121 Å². The maximum absolute atomic E-state index is 11.3. The summed E-state index contributed by atoms with van der Waals surface area (Å²) in [4.78, 5) is 11.3. The fourth-order valence-electron chi connectivity index (χ4n) is 1.79. The summed E-state index contributed by atoms with van der Waals surface area (Å²) in [5.41, 5.74) is 1.11. The molecule has 0 aromatic heterocycles. The molecule has 6 heteroatoms. The fraction of sp³-hybridized carbons (Fsp3) is 0.417. The first-order valence-electron chi connectivity index (χ1n) is 5.67. The number of hydrogen-bond acceptors (Lipinski definition) is 2. The monoisotopic (exact) mass is 304 g/mol. The van der Waals surface area contributed by atoms with Crippen molar-refractivity contribution in [3.63, 3.8) is 0 Å². The van der Waals surface area contributed by atoms with E-state index in [0.717, 1.165) is 17.7 Å². The zero-order chi connectivity index (χ0) is 13.1. The molecular formula is C12H14Cl2N2OS. The standard InChI is InChI=1S/C12H14Cl2N2OS/c1-7-4-11(16-12(17)15-7)18-6-8-2-3-9(13)10(14)5-8/h2-3,5,7,11H,4,6H2,1H3,(H2,15,16,17). The minimum Gasteiger partial charge on any atom is -0.336 e. The third-order valence-electron chi connectivity index (χ3n) is 2.67. The van der Waals surface area contributed by atoms with Gasteiger partial charge in [0.2, 0.25) is 0 Å². The first kappa shape index (κ1) is 13.8. The fourth-order valence-corrected chi connectivity index (χ4v) is 3.30. The molecule has 1 saturated heterocycles. The highest BCUT2D eigenvalue weighted by Gasteiger charge is 2.22. The summed E-state index contributed by atoms with van der Waals surface area (Å²) in [6.07, 6.45) is 0.914. The summed E-state index contributed by atoms with van der Waals surface area (Å²) in [6.45, 7) is 2.01. The van der Waals surface area contributed by atoms with Gasteiger partial charge in [0, 0.05) is 11.8 Å². The van der Waals surface area contributed by atoms with Crippen LogP contribution >= 0.6 is 35.0 Å². The zero-order valence-corrected chi connectivity index (χ0v) is 12.2. The molecule has 2 atom stereocenters. The van der Waals surface area contributed by atoms with Gasteiger partial charge in [-0.25, -0.2) is 4.79 Å². The van der Waals surface area contributed by atoms with Crippen LogP contribution in [0.25, 0.3) is 0 Å². The van der Waals surface area contributed by atoms with Gasteiger partial charge in [0.05, 0.1) is 15.4 Å². The van der Waals surface area contributed by atoms with Crippen LogP contribution in [0.1, 0.15) is 18.9 Å². The van der Waals surface area contributed by atoms with Crippen molar-refractivity contribution in [1.29, 1.82) is 0 Å². The average Bonchev–Trinajstić information content (AvgIpc) is 2.29. The van der Waals surface area contributed by atoms with Crippen LogP contribution < -0.4 is 10.6 Å². The lowest BCUT2D eigenvalue weighted by Crippen LogP contribution is -2.52. The van der Waals surface area contributed by atoms with Crippen LogP contribution in [0.15, 0.2) is 18.2 Å². The van der Waals surface area contributed by atoms with Gasteiger partial charge < -0.3 is 10.6 Å². The average molecular weight is 305 g/mol. The van der Waals surface area contributed by atoms with E-state index in [1.54, 1.807) is 17.8 Å². The number of benzene rings is 1. The van der Waals surface area contributed by atoms with E-state index >= 15 is 0 Å². The van der Waals surface area contributed by atoms with E-state index in [9.17, 15) is 4.79 Å². The molecule has 0 aliphatic carbocycles. The molecule has 0 saturated carbocycles. The molecular weight excluding hydrogens is 291 g/mol. The smallest absolute Gasteiger partial charge is 0.315 e. The van der Waals surface area contributed by atoms with Crippen molar-refractivity contribution in [3.8, 4) is 0 Å². The lowest BCUT2D eigenvalue weighted by atomic mass is 10.2. The Morgan fingerprint density at radius 2 is 2.11 bits per heavy atom. The van der Waals surface area contributed by atoms with E-state index in [4.69, 9.17) is 23.2 Å². The summed E-state index contributed by atoms with van der Waals surface area (Å²) < 4.78 is 0. The Morgan fingerprint density at radius 3 is 2.78 bits per heavy atom. The number of amides is 2. The highest BCUT2D eigenvalue weighted by Crippen LogP contribution is 2.27. The topological polar surface area (TPSA) is 41.1 Å². The van der Waals surface area contributed by atoms with E-state index < -0.39 is 0 Å². The van der Waals surface area contributed by atoms with Crippen LogP contribution in [-0.4, -0.2) is 17.4 Å². The van der Waals surface area contributed by atoms with Crippen molar-refractivity contribution >= 4 is 41.0 Å². The second-order valence-corrected chi connectivity index (χ2v) is 6.31. The van der Waals surface area contributed by atoms with Gasteiger partial charge in [-0.1, -0.05) is 29.3 Å². The van der Waals surface area contributed by atoms with Crippen molar-refractivity contribution < 1.29 is 4.79 Å². The van der Waals surface area contributed by atoms with E-state index in [1.165, 1.54) is 0 Å². The molecule has 2 N–H and O–H groups in total. The largest absolute Gasteiger partial charge is 0.336 e. The SMILES string of the molecule is CC1CC(SCc2ccc(Cl)c(Cl)c2)NC(=O)N1. The molecule has 2 unspecified atom stereocenters. The third-order valence-corrected chi connectivity index (χ3v) is 4.62. The second-order valence-electron chi connectivity index (χ2n) is 4.30. The van der Waals surface area contributed by atoms with Crippen LogP contribution in [0.5, 0.6) is 0 Å². The van der Waals surface area contributed by atoms with Gasteiger partial charge in [0.1, 0.15) is 0 Å². The molecule has 0 bridgehead atoms. The molecule has 1 aromatic rings. The second kappa shape index (κ2) is 6.04. The molecule has 3 nitrogen and oxygen atoms in total. The molecule has 0 spiro atoms. The van der Waals surface area contributed by atoms with Crippen molar-refractivity contribution in [2.24, 2.45) is 0 Å². The summed E-state index contributed by atoms with van der Waals surface area (Å²) >= 11 is 13.5. The van der Waals surface area contributed by atoms with Gasteiger partial charge >= 0.3 is 6.03 Å². The third kappa shape index (κ3) is 3.70. The molecule has 2 rings (SSSR count). The normalized spacial score (nSPS) is 23.4. The summed E-state index contributed by atoms with van der Waals surface area (Å²) in [5.74, 6) is 0.800. The number of hydrogen-bond donors (Lipinski definition) is 2. The Hall–Kier alpha value is -0.580. The predicted octanol–water partition coefficient (Wildman–Crippen LogP) is 3.64. The minimum atomic E-state index is -0.0969. The zero-order valence-electron chi connectivity index (χ0n) is 9.87. The Kier molecular flexibility index (Phi) is 4.65. The van der Waals surface area contributed by atoms with Crippen molar-refractivity contribution in [2.45, 2.75) is 30.5 Å².